The van der Waals surface area contributed by atoms with Gasteiger partial charge < -0.3 is 5.32 Å². The molecule has 4 heterocycles. The number of fused-ring (bicyclic) bond motifs is 1. The van der Waals surface area contributed by atoms with Crippen molar-refractivity contribution in [3.8, 4) is 0 Å². The number of hydrogen-bond donors (Lipinski definition) is 1. The largest absolute Gasteiger partial charge is 0.346 e. The van der Waals surface area contributed by atoms with E-state index in [1.807, 2.05) is 29.1 Å². The van der Waals surface area contributed by atoms with Crippen molar-refractivity contribution < 1.29 is 4.79 Å². The summed E-state index contributed by atoms with van der Waals surface area (Å²) >= 11 is 4.89. The summed E-state index contributed by atoms with van der Waals surface area (Å²) in [6.45, 7) is 4.08. The smallest absolute Gasteiger partial charge is 0.226 e. The third-order valence-electron chi connectivity index (χ3n) is 4.18. The predicted octanol–water partition coefficient (Wildman–Crippen LogP) is 4.17. The van der Waals surface area contributed by atoms with Gasteiger partial charge in [0.1, 0.15) is 5.01 Å². The van der Waals surface area contributed by atoms with Crippen molar-refractivity contribution in [3.05, 3.63) is 61.4 Å². The minimum absolute atomic E-state index is 0.0264. The van der Waals surface area contributed by atoms with Crippen LogP contribution in [0.4, 0.5) is 0 Å². The molecule has 0 radical (unpaired) electrons. The van der Waals surface area contributed by atoms with E-state index in [0.29, 0.717) is 0 Å². The summed E-state index contributed by atoms with van der Waals surface area (Å²) in [5, 5.41) is 10.3. The Labute approximate surface area is 163 Å². The lowest BCUT2D eigenvalue weighted by molar-refractivity contribution is -0.121. The quantitative estimate of drug-likeness (QED) is 0.526. The van der Waals surface area contributed by atoms with E-state index in [9.17, 15) is 4.79 Å². The molecule has 8 heteroatoms. The van der Waals surface area contributed by atoms with Crippen molar-refractivity contribution in [3.63, 3.8) is 0 Å². The number of carbonyl (C=O) groups is 1. The maximum absolute atomic E-state index is 12.6. The lowest BCUT2D eigenvalue weighted by Gasteiger charge is -2.16. The maximum Gasteiger partial charge on any atom is 0.226 e. The highest BCUT2D eigenvalue weighted by Crippen LogP contribution is 2.26. The molecule has 0 spiro atoms. The zero-order valence-corrected chi connectivity index (χ0v) is 16.9. The van der Waals surface area contributed by atoms with Gasteiger partial charge in [0.05, 0.1) is 23.9 Å². The Kier molecular flexibility index (Phi) is 4.88. The molecular weight excluding hydrogens is 384 g/mol. The van der Waals surface area contributed by atoms with Crippen LogP contribution in [0.2, 0.25) is 0 Å². The number of nitrogens with one attached hydrogen (secondary N) is 1. The van der Waals surface area contributed by atoms with Crippen LogP contribution in [-0.4, -0.2) is 20.3 Å². The summed E-state index contributed by atoms with van der Waals surface area (Å²) in [4.78, 5) is 23.9. The molecule has 0 aromatic carbocycles. The SMILES string of the molecule is Cc1nc([C@@H](Cc2ccsc2)NC(=O)Cc2cn3ccsc3n2)sc1C. The number of imidazole rings is 1. The van der Waals surface area contributed by atoms with Gasteiger partial charge in [-0.05, 0) is 36.2 Å². The Morgan fingerprint density at radius 2 is 2.19 bits per heavy atom. The first kappa shape index (κ1) is 17.4. The van der Waals surface area contributed by atoms with Crippen molar-refractivity contribution in [2.24, 2.45) is 0 Å². The fourth-order valence-electron chi connectivity index (χ4n) is 2.76. The third kappa shape index (κ3) is 3.72. The van der Waals surface area contributed by atoms with Crippen molar-refractivity contribution >= 4 is 44.9 Å². The Bertz CT molecular complexity index is 980. The summed E-state index contributed by atoms with van der Waals surface area (Å²) in [6.07, 6.45) is 4.89. The normalized spacial score (nSPS) is 12.5. The molecule has 4 rings (SSSR count). The number of aryl methyl sites for hydroxylation is 2. The van der Waals surface area contributed by atoms with Gasteiger partial charge in [-0.2, -0.15) is 11.3 Å². The molecule has 0 aliphatic carbocycles. The van der Waals surface area contributed by atoms with Gasteiger partial charge in [-0.1, -0.05) is 0 Å². The molecule has 26 heavy (non-hydrogen) atoms. The van der Waals surface area contributed by atoms with Gasteiger partial charge >= 0.3 is 0 Å². The molecule has 4 aromatic rings. The van der Waals surface area contributed by atoms with Gasteiger partial charge in [0.15, 0.2) is 4.96 Å². The number of amides is 1. The molecule has 0 saturated carbocycles. The number of hydrogen-bond acceptors (Lipinski definition) is 6. The summed E-state index contributed by atoms with van der Waals surface area (Å²) < 4.78 is 1.95. The van der Waals surface area contributed by atoms with Crippen LogP contribution >= 0.6 is 34.0 Å². The van der Waals surface area contributed by atoms with Crippen molar-refractivity contribution in [2.75, 3.05) is 0 Å². The Hall–Kier alpha value is -2.03. The van der Waals surface area contributed by atoms with E-state index in [4.69, 9.17) is 0 Å². The van der Waals surface area contributed by atoms with Gasteiger partial charge in [0, 0.05) is 29.1 Å². The van der Waals surface area contributed by atoms with Gasteiger partial charge in [0.2, 0.25) is 5.91 Å². The van der Waals surface area contributed by atoms with Crippen molar-refractivity contribution in [1.82, 2.24) is 19.7 Å². The number of thiazole rings is 2. The fourth-order valence-corrected chi connectivity index (χ4v) is 5.14. The van der Waals surface area contributed by atoms with Crippen LogP contribution in [0, 0.1) is 13.8 Å². The van der Waals surface area contributed by atoms with Crippen LogP contribution < -0.4 is 5.32 Å². The van der Waals surface area contributed by atoms with Crippen LogP contribution in [0.15, 0.2) is 34.6 Å². The number of nitrogens with zero attached hydrogens (tertiary/aromatic N) is 3. The topological polar surface area (TPSA) is 59.3 Å². The first-order valence-electron chi connectivity index (χ1n) is 8.24. The molecule has 134 valence electrons. The lowest BCUT2D eigenvalue weighted by Crippen LogP contribution is -2.31. The maximum atomic E-state index is 12.6. The number of thiophene rings is 1. The molecule has 0 aliphatic rings. The second kappa shape index (κ2) is 7.30. The highest BCUT2D eigenvalue weighted by atomic mass is 32.1. The highest BCUT2D eigenvalue weighted by Gasteiger charge is 2.20. The van der Waals surface area contributed by atoms with Crippen LogP contribution in [0.25, 0.3) is 4.96 Å². The summed E-state index contributed by atoms with van der Waals surface area (Å²) in [6, 6.07) is 1.99. The first-order chi connectivity index (χ1) is 12.6. The Morgan fingerprint density at radius 1 is 1.31 bits per heavy atom. The zero-order chi connectivity index (χ0) is 18.1. The van der Waals surface area contributed by atoms with E-state index < -0.39 is 0 Å². The summed E-state index contributed by atoms with van der Waals surface area (Å²) in [5.41, 5.74) is 3.03. The van der Waals surface area contributed by atoms with Gasteiger partial charge in [-0.15, -0.1) is 22.7 Å². The summed E-state index contributed by atoms with van der Waals surface area (Å²) in [5.74, 6) is -0.0264. The van der Waals surface area contributed by atoms with Gasteiger partial charge in [-0.25, -0.2) is 9.97 Å². The van der Waals surface area contributed by atoms with Crippen LogP contribution in [-0.2, 0) is 17.6 Å². The standard InChI is InChI=1S/C18H18N4OS3/c1-11-12(2)26-17(19-11)15(7-13-3-5-24-10-13)21-16(23)8-14-9-22-4-6-25-18(22)20-14/h3-6,9-10,15H,7-8H2,1-2H3,(H,21,23)/t15-/m1/s1. The second-order valence-electron chi connectivity index (χ2n) is 6.15. The molecule has 0 unspecified atom stereocenters. The monoisotopic (exact) mass is 402 g/mol. The van der Waals surface area contributed by atoms with E-state index in [1.54, 1.807) is 34.0 Å². The lowest BCUT2D eigenvalue weighted by atomic mass is 10.1. The second-order valence-corrected chi connectivity index (χ2v) is 9.04. The molecule has 0 aliphatic heterocycles. The van der Waals surface area contributed by atoms with Crippen molar-refractivity contribution in [1.29, 1.82) is 0 Å². The van der Waals surface area contributed by atoms with E-state index >= 15 is 0 Å². The molecule has 0 saturated heterocycles. The molecule has 0 fully saturated rings. The van der Waals surface area contributed by atoms with Crippen LogP contribution in [0.1, 0.15) is 32.9 Å². The van der Waals surface area contributed by atoms with Gasteiger partial charge in [-0.3, -0.25) is 9.20 Å². The van der Waals surface area contributed by atoms with E-state index in [2.05, 4.69) is 39.0 Å². The van der Waals surface area contributed by atoms with E-state index in [1.165, 1.54) is 10.4 Å². The number of carbonyl (C=O) groups excluding carboxylic acids is 1. The van der Waals surface area contributed by atoms with Gasteiger partial charge in [0.25, 0.3) is 0 Å². The molecule has 1 N–H and O–H groups in total. The molecule has 0 bridgehead atoms. The molecule has 1 atom stereocenters. The minimum atomic E-state index is -0.113. The minimum Gasteiger partial charge on any atom is -0.346 e. The molecule has 1 amide bonds. The molecule has 5 nitrogen and oxygen atoms in total. The first-order valence-corrected chi connectivity index (χ1v) is 10.9. The highest BCUT2D eigenvalue weighted by molar-refractivity contribution is 7.15. The zero-order valence-electron chi connectivity index (χ0n) is 14.4. The molecule has 4 aromatic heterocycles. The average molecular weight is 403 g/mol. The van der Waals surface area contributed by atoms with Crippen LogP contribution in [0.5, 0.6) is 0 Å². The average Bonchev–Trinajstić information content (AvgIpc) is 3.33. The Morgan fingerprint density at radius 3 is 2.88 bits per heavy atom. The fraction of sp³-hybridized carbons (Fsp3) is 0.278. The van der Waals surface area contributed by atoms with Crippen molar-refractivity contribution in [2.45, 2.75) is 32.7 Å². The third-order valence-corrected chi connectivity index (χ3v) is 6.87. The number of aromatic nitrogens is 3. The molecular formula is C18H18N4OS3. The summed E-state index contributed by atoms with van der Waals surface area (Å²) in [7, 11) is 0. The Balaban J connectivity index is 1.51. The van der Waals surface area contributed by atoms with E-state index in [0.717, 1.165) is 27.8 Å². The van der Waals surface area contributed by atoms with Crippen LogP contribution in [0.3, 0.4) is 0 Å². The van der Waals surface area contributed by atoms with E-state index in [-0.39, 0.29) is 18.4 Å². The number of rotatable bonds is 6. The predicted molar refractivity (Wildman–Crippen MR) is 107 cm³/mol.